The van der Waals surface area contributed by atoms with Gasteiger partial charge in [0.05, 0.1) is 109 Å². The zero-order valence-electron chi connectivity index (χ0n) is 40.2. The molecule has 0 spiro atoms. The van der Waals surface area contributed by atoms with Crippen LogP contribution < -0.4 is 33.2 Å². The molecule has 0 saturated heterocycles. The first-order valence-electron chi connectivity index (χ1n) is 22.3. The van der Waals surface area contributed by atoms with Crippen molar-refractivity contribution in [2.45, 2.75) is 58.0 Å². The molecule has 0 radical (unpaired) electrons. The molecular weight excluding hydrogens is 829 g/mol. The lowest BCUT2D eigenvalue weighted by molar-refractivity contribution is -0.941. The number of carbonyl (C=O) groups is 2. The van der Waals surface area contributed by atoms with Crippen molar-refractivity contribution >= 4 is 11.9 Å². The minimum Gasteiger partial charge on any atom is -0.496 e. The Morgan fingerprint density at radius 1 is 0.600 bits per heavy atom. The average molecular weight is 897 g/mol. The van der Waals surface area contributed by atoms with Gasteiger partial charge in [-0.1, -0.05) is 12.1 Å². The van der Waals surface area contributed by atoms with E-state index < -0.39 is 11.9 Å². The number of hydrogen-bond acceptors (Lipinski definition) is 11. The van der Waals surface area contributed by atoms with Crippen LogP contribution in [0.3, 0.4) is 0 Å². The number of quaternary nitrogens is 2. The third-order valence-electron chi connectivity index (χ3n) is 13.6. The Balaban J connectivity index is 1.05. The standard InChI is InChI=1S/C52H68N2O11/c1-34-28-38-21-25-54(4,51(50(38)52(63-11)35(34)2)39-15-17-43(58-6)45(32-39)60-8)23-13-27-65-49(56)19-18-48(55)64-26-12-22-53(3)24-20-37-31-46(61-9)47(62-10)33-40(37)41(53)29-36-14-16-42(57-5)44(30-36)59-7/h14-19,28,30-33,41,51H,12-13,20-27,29H2,1-11H3/q+2/b19-18-. The van der Waals surface area contributed by atoms with E-state index in [0.29, 0.717) is 51.8 Å². The van der Waals surface area contributed by atoms with Crippen LogP contribution in [0.5, 0.6) is 40.2 Å². The second-order valence-corrected chi connectivity index (χ2v) is 17.5. The fraction of sp³-hybridized carbons (Fsp3) is 0.462. The molecule has 0 saturated carbocycles. The molecule has 2 heterocycles. The highest BCUT2D eigenvalue weighted by Crippen LogP contribution is 2.48. The Morgan fingerprint density at radius 2 is 1.12 bits per heavy atom. The summed E-state index contributed by atoms with van der Waals surface area (Å²) in [4.78, 5) is 25.7. The number of likely N-dealkylation sites (N-methyl/N-ethyl adjacent to an activating group) is 2. The maximum atomic E-state index is 12.8. The van der Waals surface area contributed by atoms with E-state index in [2.05, 4.69) is 64.3 Å². The SMILES string of the molecule is COc1ccc(CC2c3cc(OC)c(OC)cc3CC[N+]2(C)CCCOC(=O)/C=C\C(=O)OCCC[N+]2(C)CCc3cc(C)c(C)c(OC)c3C2c2ccc(OC)c(OC)c2)cc1OC. The number of aryl methyl sites for hydroxylation is 1. The van der Waals surface area contributed by atoms with Gasteiger partial charge < -0.3 is 51.6 Å². The summed E-state index contributed by atoms with van der Waals surface area (Å²) >= 11 is 0. The summed E-state index contributed by atoms with van der Waals surface area (Å²) in [6.07, 6.45) is 6.02. The van der Waals surface area contributed by atoms with Crippen molar-refractivity contribution in [2.75, 3.05) is 103 Å². The van der Waals surface area contributed by atoms with Crippen molar-refractivity contribution in [3.05, 3.63) is 111 Å². The van der Waals surface area contributed by atoms with Crippen molar-refractivity contribution in [2.24, 2.45) is 0 Å². The monoisotopic (exact) mass is 896 g/mol. The van der Waals surface area contributed by atoms with Gasteiger partial charge in [0, 0.05) is 55.4 Å². The molecule has 0 N–H and O–H groups in total. The van der Waals surface area contributed by atoms with Crippen LogP contribution in [0.4, 0.5) is 0 Å². The zero-order valence-corrected chi connectivity index (χ0v) is 40.2. The van der Waals surface area contributed by atoms with Crippen LogP contribution >= 0.6 is 0 Å². The summed E-state index contributed by atoms with van der Waals surface area (Å²) in [5.74, 6) is 3.80. The third kappa shape index (κ3) is 10.6. The average Bonchev–Trinajstić information content (AvgIpc) is 3.32. The first-order valence-corrected chi connectivity index (χ1v) is 22.3. The second kappa shape index (κ2) is 21.4. The minimum absolute atomic E-state index is 0.0652. The Bertz CT molecular complexity index is 2360. The summed E-state index contributed by atoms with van der Waals surface area (Å²) in [5, 5.41) is 0. The van der Waals surface area contributed by atoms with E-state index in [1.54, 1.807) is 49.8 Å². The summed E-state index contributed by atoms with van der Waals surface area (Å²) in [6, 6.07) is 18.6. The number of esters is 2. The van der Waals surface area contributed by atoms with Crippen LogP contribution in [0.1, 0.15) is 69.4 Å². The number of fused-ring (bicyclic) bond motifs is 2. The van der Waals surface area contributed by atoms with E-state index in [1.165, 1.54) is 27.8 Å². The van der Waals surface area contributed by atoms with Crippen molar-refractivity contribution in [3.63, 3.8) is 0 Å². The van der Waals surface area contributed by atoms with Crippen LogP contribution in [0, 0.1) is 13.8 Å². The lowest BCUT2D eigenvalue weighted by Crippen LogP contribution is -2.52. The smallest absolute Gasteiger partial charge is 0.331 e. The van der Waals surface area contributed by atoms with Gasteiger partial charge in [-0.3, -0.25) is 0 Å². The lowest BCUT2D eigenvalue weighted by Gasteiger charge is -2.46. The molecule has 0 fully saturated rings. The molecule has 0 amide bonds. The highest BCUT2D eigenvalue weighted by atomic mass is 16.5. The molecule has 2 aliphatic rings. The fourth-order valence-corrected chi connectivity index (χ4v) is 9.94. The van der Waals surface area contributed by atoms with Gasteiger partial charge in [-0.25, -0.2) is 9.59 Å². The maximum absolute atomic E-state index is 12.8. The number of carbonyl (C=O) groups excluding carboxylic acids is 2. The lowest BCUT2D eigenvalue weighted by atomic mass is 9.83. The molecule has 0 aromatic heterocycles. The molecule has 13 nitrogen and oxygen atoms in total. The molecule has 6 rings (SSSR count). The van der Waals surface area contributed by atoms with E-state index in [-0.39, 0.29) is 25.3 Å². The zero-order chi connectivity index (χ0) is 46.9. The maximum Gasteiger partial charge on any atom is 0.331 e. The first kappa shape index (κ1) is 48.5. The molecule has 2 aliphatic heterocycles. The molecule has 4 atom stereocenters. The Kier molecular flexibility index (Phi) is 16.0. The number of hydrogen-bond donors (Lipinski definition) is 0. The number of nitrogens with zero attached hydrogens (tertiary/aromatic N) is 2. The van der Waals surface area contributed by atoms with Crippen molar-refractivity contribution < 1.29 is 61.2 Å². The van der Waals surface area contributed by atoms with Crippen LogP contribution in [-0.2, 0) is 38.3 Å². The van der Waals surface area contributed by atoms with Gasteiger partial charge in [0.15, 0.2) is 34.5 Å². The van der Waals surface area contributed by atoms with Crippen molar-refractivity contribution in [1.82, 2.24) is 0 Å². The van der Waals surface area contributed by atoms with Crippen LogP contribution in [0.15, 0.2) is 66.7 Å². The van der Waals surface area contributed by atoms with E-state index in [1.807, 2.05) is 18.2 Å². The highest BCUT2D eigenvalue weighted by molar-refractivity contribution is 5.91. The summed E-state index contributed by atoms with van der Waals surface area (Å²) in [6.45, 7) is 7.89. The number of rotatable bonds is 20. The van der Waals surface area contributed by atoms with Gasteiger partial charge >= 0.3 is 11.9 Å². The van der Waals surface area contributed by atoms with Crippen LogP contribution in [-0.4, -0.2) is 124 Å². The third-order valence-corrected chi connectivity index (χ3v) is 13.6. The number of benzene rings is 4. The Hall–Kier alpha value is -5.92. The molecule has 4 unspecified atom stereocenters. The second-order valence-electron chi connectivity index (χ2n) is 17.5. The molecular formula is C52H68N2O11+2. The van der Waals surface area contributed by atoms with E-state index in [4.69, 9.17) is 42.6 Å². The number of ether oxygens (including phenoxy) is 9. The van der Waals surface area contributed by atoms with E-state index in [9.17, 15) is 9.59 Å². The fourth-order valence-electron chi connectivity index (χ4n) is 9.94. The summed E-state index contributed by atoms with van der Waals surface area (Å²) in [7, 11) is 16.1. The van der Waals surface area contributed by atoms with Gasteiger partial charge in [-0.05, 0) is 84.1 Å². The molecule has 13 heteroatoms. The normalized spacial score (nSPS) is 20.0. The van der Waals surface area contributed by atoms with E-state index >= 15 is 0 Å². The Morgan fingerprint density at radius 3 is 1.72 bits per heavy atom. The van der Waals surface area contributed by atoms with Gasteiger partial charge in [0.2, 0.25) is 0 Å². The molecule has 65 heavy (non-hydrogen) atoms. The number of methoxy groups -OCH3 is 7. The van der Waals surface area contributed by atoms with Crippen LogP contribution in [0.25, 0.3) is 0 Å². The Labute approximate surface area is 384 Å². The van der Waals surface area contributed by atoms with Crippen LogP contribution in [0.2, 0.25) is 0 Å². The van der Waals surface area contributed by atoms with Crippen molar-refractivity contribution in [1.29, 1.82) is 0 Å². The summed E-state index contributed by atoms with van der Waals surface area (Å²) < 4.78 is 52.5. The minimum atomic E-state index is -0.590. The van der Waals surface area contributed by atoms with Gasteiger partial charge in [-0.15, -0.1) is 0 Å². The highest BCUT2D eigenvalue weighted by Gasteiger charge is 2.43. The van der Waals surface area contributed by atoms with Crippen molar-refractivity contribution in [3.8, 4) is 40.2 Å². The predicted molar refractivity (Wildman–Crippen MR) is 249 cm³/mol. The van der Waals surface area contributed by atoms with Gasteiger partial charge in [0.1, 0.15) is 17.8 Å². The topological polar surface area (TPSA) is 117 Å². The predicted octanol–water partition coefficient (Wildman–Crippen LogP) is 7.87. The molecule has 4 aromatic rings. The van der Waals surface area contributed by atoms with Gasteiger partial charge in [0.25, 0.3) is 0 Å². The first-order chi connectivity index (χ1) is 31.3. The van der Waals surface area contributed by atoms with Gasteiger partial charge in [-0.2, -0.15) is 0 Å². The quantitative estimate of drug-likeness (QED) is 0.0374. The molecule has 0 aliphatic carbocycles. The van der Waals surface area contributed by atoms with E-state index in [0.717, 1.165) is 84.5 Å². The molecule has 4 aromatic carbocycles. The largest absolute Gasteiger partial charge is 0.496 e. The molecule has 0 bridgehead atoms. The summed E-state index contributed by atoms with van der Waals surface area (Å²) in [5.41, 5.74) is 9.38. The molecule has 350 valence electrons.